The molecule has 0 saturated heterocycles. The van der Waals surface area contributed by atoms with Crippen molar-refractivity contribution in [3.05, 3.63) is 57.5 Å². The molecule has 0 spiro atoms. The molecule has 1 amide bonds. The summed E-state index contributed by atoms with van der Waals surface area (Å²) in [6, 6.07) is 8.74. The number of fused-ring (bicyclic) bond motifs is 1. The first-order chi connectivity index (χ1) is 11.1. The number of hydrogen-bond acceptors (Lipinski definition) is 3. The molecule has 3 rings (SSSR count). The minimum atomic E-state index is -0.391. The fourth-order valence-corrected chi connectivity index (χ4v) is 2.93. The Morgan fingerprint density at radius 3 is 2.74 bits per heavy atom. The van der Waals surface area contributed by atoms with Crippen molar-refractivity contribution in [3.63, 3.8) is 0 Å². The summed E-state index contributed by atoms with van der Waals surface area (Å²) >= 11 is 0. The molecule has 1 atom stereocenters. The highest BCUT2D eigenvalue weighted by molar-refractivity contribution is 6.04. The standard InChI is InChI=1S/C18H20N2O3/c1-11-3-8-16-12(9-11)10-15(18(22)20-16)17(21)19-13-4-6-14(23-2)7-5-13/h4-7,10-11H,3,8-9H2,1-2H3,(H,19,21)(H,20,22)/t11-/m1/s1. The van der Waals surface area contributed by atoms with Crippen LogP contribution in [-0.2, 0) is 12.8 Å². The van der Waals surface area contributed by atoms with Gasteiger partial charge in [0.1, 0.15) is 11.3 Å². The Morgan fingerprint density at radius 2 is 2.04 bits per heavy atom. The van der Waals surface area contributed by atoms with Crippen LogP contribution in [0.5, 0.6) is 5.75 Å². The molecule has 1 aliphatic rings. The van der Waals surface area contributed by atoms with E-state index in [9.17, 15) is 9.59 Å². The molecule has 5 nitrogen and oxygen atoms in total. The van der Waals surface area contributed by atoms with Crippen molar-refractivity contribution in [2.24, 2.45) is 5.92 Å². The van der Waals surface area contributed by atoms with Crippen molar-refractivity contribution in [2.75, 3.05) is 12.4 Å². The molecular weight excluding hydrogens is 292 g/mol. The highest BCUT2D eigenvalue weighted by Crippen LogP contribution is 2.23. The van der Waals surface area contributed by atoms with E-state index >= 15 is 0 Å². The van der Waals surface area contributed by atoms with Gasteiger partial charge in [-0.05, 0) is 61.1 Å². The quantitative estimate of drug-likeness (QED) is 0.915. The van der Waals surface area contributed by atoms with Gasteiger partial charge in [-0.1, -0.05) is 6.92 Å². The van der Waals surface area contributed by atoms with Crippen LogP contribution in [0.3, 0.4) is 0 Å². The summed E-state index contributed by atoms with van der Waals surface area (Å²) in [4.78, 5) is 27.4. The van der Waals surface area contributed by atoms with E-state index in [0.29, 0.717) is 17.4 Å². The number of H-pyrrole nitrogens is 1. The van der Waals surface area contributed by atoms with E-state index in [0.717, 1.165) is 30.5 Å². The van der Waals surface area contributed by atoms with Crippen LogP contribution >= 0.6 is 0 Å². The lowest BCUT2D eigenvalue weighted by Crippen LogP contribution is -2.27. The maximum Gasteiger partial charge on any atom is 0.261 e. The summed E-state index contributed by atoms with van der Waals surface area (Å²) in [6.45, 7) is 2.19. The maximum absolute atomic E-state index is 12.4. The molecule has 120 valence electrons. The SMILES string of the molecule is COc1ccc(NC(=O)c2cc3c([nH]c2=O)CC[C@@H](C)C3)cc1. The third-order valence-electron chi connectivity index (χ3n) is 4.26. The van der Waals surface area contributed by atoms with E-state index in [-0.39, 0.29) is 11.1 Å². The summed E-state index contributed by atoms with van der Waals surface area (Å²) in [6.07, 6.45) is 2.83. The highest BCUT2D eigenvalue weighted by atomic mass is 16.5. The molecule has 0 aliphatic heterocycles. The Hall–Kier alpha value is -2.56. The number of anilines is 1. The summed E-state index contributed by atoms with van der Waals surface area (Å²) in [5.41, 5.74) is 2.50. The zero-order valence-corrected chi connectivity index (χ0v) is 13.3. The number of benzene rings is 1. The van der Waals surface area contributed by atoms with Crippen LogP contribution in [0.2, 0.25) is 0 Å². The summed E-state index contributed by atoms with van der Waals surface area (Å²) in [7, 11) is 1.58. The van der Waals surface area contributed by atoms with Crippen molar-refractivity contribution >= 4 is 11.6 Å². The van der Waals surface area contributed by atoms with Crippen LogP contribution in [0.4, 0.5) is 5.69 Å². The van der Waals surface area contributed by atoms with Gasteiger partial charge in [0.15, 0.2) is 0 Å². The van der Waals surface area contributed by atoms with E-state index in [2.05, 4.69) is 17.2 Å². The van der Waals surface area contributed by atoms with Crippen LogP contribution in [0.1, 0.15) is 35.0 Å². The number of carbonyl (C=O) groups is 1. The first-order valence-corrected chi connectivity index (χ1v) is 7.77. The molecule has 5 heteroatoms. The lowest BCUT2D eigenvalue weighted by molar-refractivity contribution is 0.102. The van der Waals surface area contributed by atoms with Gasteiger partial charge in [0.2, 0.25) is 0 Å². The molecule has 0 saturated carbocycles. The number of aromatic amines is 1. The fraction of sp³-hybridized carbons (Fsp3) is 0.333. The molecule has 0 fully saturated rings. The molecule has 1 aromatic heterocycles. The third-order valence-corrected chi connectivity index (χ3v) is 4.26. The van der Waals surface area contributed by atoms with Crippen molar-refractivity contribution in [1.29, 1.82) is 0 Å². The zero-order chi connectivity index (χ0) is 16.4. The molecule has 0 bridgehead atoms. The van der Waals surface area contributed by atoms with Crippen molar-refractivity contribution < 1.29 is 9.53 Å². The van der Waals surface area contributed by atoms with E-state index < -0.39 is 5.91 Å². The van der Waals surface area contributed by atoms with Crippen LogP contribution in [-0.4, -0.2) is 18.0 Å². The number of ether oxygens (including phenoxy) is 1. The number of pyridine rings is 1. The average Bonchev–Trinajstić information content (AvgIpc) is 2.55. The average molecular weight is 312 g/mol. The summed E-state index contributed by atoms with van der Waals surface area (Å²) in [5, 5.41) is 2.75. The number of carbonyl (C=O) groups excluding carboxylic acids is 1. The Labute approximate surface area is 134 Å². The Balaban J connectivity index is 1.84. The molecule has 0 unspecified atom stereocenters. The van der Waals surface area contributed by atoms with Gasteiger partial charge in [-0.2, -0.15) is 0 Å². The Morgan fingerprint density at radius 1 is 1.30 bits per heavy atom. The number of hydrogen-bond donors (Lipinski definition) is 2. The number of methoxy groups -OCH3 is 1. The van der Waals surface area contributed by atoms with Crippen molar-refractivity contribution in [1.82, 2.24) is 4.98 Å². The lowest BCUT2D eigenvalue weighted by atomic mass is 9.87. The van der Waals surface area contributed by atoms with E-state index in [1.165, 1.54) is 0 Å². The van der Waals surface area contributed by atoms with Gasteiger partial charge in [-0.25, -0.2) is 0 Å². The van der Waals surface area contributed by atoms with Crippen molar-refractivity contribution in [3.8, 4) is 5.75 Å². The van der Waals surface area contributed by atoms with Gasteiger partial charge in [0, 0.05) is 11.4 Å². The number of nitrogens with one attached hydrogen (secondary N) is 2. The Bertz CT molecular complexity index is 778. The van der Waals surface area contributed by atoms with E-state index in [1.54, 1.807) is 37.4 Å². The van der Waals surface area contributed by atoms with Gasteiger partial charge in [0.25, 0.3) is 11.5 Å². The monoisotopic (exact) mass is 312 g/mol. The fourth-order valence-electron chi connectivity index (χ4n) is 2.93. The van der Waals surface area contributed by atoms with Crippen molar-refractivity contribution in [2.45, 2.75) is 26.2 Å². The molecule has 1 heterocycles. The van der Waals surface area contributed by atoms with Crippen LogP contribution < -0.4 is 15.6 Å². The molecule has 23 heavy (non-hydrogen) atoms. The second-order valence-corrected chi connectivity index (χ2v) is 6.05. The van der Waals surface area contributed by atoms with E-state index in [1.807, 2.05) is 0 Å². The number of amides is 1. The molecule has 2 aromatic rings. The number of aryl methyl sites for hydroxylation is 1. The number of aromatic nitrogens is 1. The smallest absolute Gasteiger partial charge is 0.261 e. The topological polar surface area (TPSA) is 71.2 Å². The maximum atomic E-state index is 12.4. The molecular formula is C18H20N2O3. The predicted octanol–water partition coefficient (Wildman–Crippen LogP) is 2.76. The molecule has 1 aliphatic carbocycles. The van der Waals surface area contributed by atoms with Crippen LogP contribution in [0, 0.1) is 5.92 Å². The molecule has 0 radical (unpaired) electrons. The minimum absolute atomic E-state index is 0.161. The molecule has 2 N–H and O–H groups in total. The van der Waals surface area contributed by atoms with Crippen LogP contribution in [0.25, 0.3) is 0 Å². The summed E-state index contributed by atoms with van der Waals surface area (Å²) in [5.74, 6) is 0.895. The first-order valence-electron chi connectivity index (χ1n) is 7.77. The van der Waals surface area contributed by atoms with Crippen LogP contribution in [0.15, 0.2) is 35.1 Å². The Kier molecular flexibility index (Phi) is 4.19. The van der Waals surface area contributed by atoms with E-state index in [4.69, 9.17) is 4.74 Å². The lowest BCUT2D eigenvalue weighted by Gasteiger charge is -2.21. The second kappa shape index (κ2) is 6.28. The normalized spacial score (nSPS) is 16.5. The first kappa shape index (κ1) is 15.3. The van der Waals surface area contributed by atoms with Gasteiger partial charge in [0.05, 0.1) is 7.11 Å². The third kappa shape index (κ3) is 3.28. The summed E-state index contributed by atoms with van der Waals surface area (Å²) < 4.78 is 5.08. The highest BCUT2D eigenvalue weighted by Gasteiger charge is 2.20. The van der Waals surface area contributed by atoms with Gasteiger partial charge < -0.3 is 15.0 Å². The minimum Gasteiger partial charge on any atom is -0.497 e. The number of rotatable bonds is 3. The second-order valence-electron chi connectivity index (χ2n) is 6.05. The zero-order valence-electron chi connectivity index (χ0n) is 13.3. The van der Waals surface area contributed by atoms with Gasteiger partial charge >= 0.3 is 0 Å². The largest absolute Gasteiger partial charge is 0.497 e. The molecule has 1 aromatic carbocycles. The predicted molar refractivity (Wildman–Crippen MR) is 89.2 cm³/mol. The van der Waals surface area contributed by atoms with Gasteiger partial charge in [-0.15, -0.1) is 0 Å². The van der Waals surface area contributed by atoms with Gasteiger partial charge in [-0.3, -0.25) is 9.59 Å².